The molecule has 4 heteroatoms. The first kappa shape index (κ1) is 27.5. The van der Waals surface area contributed by atoms with Gasteiger partial charge in [0.2, 0.25) is 0 Å². The SMILES string of the molecule is c1ccc(-c2nc(-c3ccc4ccccc4c3)nc(-c3cc4ccc(-c5cccc6ccccc56)cc4c4oc5ccccc5c34)n2)cc1. The molecule has 0 atom stereocenters. The number of hydrogen-bond donors (Lipinski definition) is 0. The molecule has 10 aromatic rings. The summed E-state index contributed by atoms with van der Waals surface area (Å²) in [6.07, 6.45) is 0. The van der Waals surface area contributed by atoms with E-state index in [9.17, 15) is 0 Å². The van der Waals surface area contributed by atoms with Gasteiger partial charge in [-0.2, -0.15) is 0 Å². The van der Waals surface area contributed by atoms with Crippen LogP contribution in [0.1, 0.15) is 0 Å². The first-order chi connectivity index (χ1) is 24.3. The highest BCUT2D eigenvalue weighted by Gasteiger charge is 2.21. The topological polar surface area (TPSA) is 51.8 Å². The minimum Gasteiger partial charge on any atom is -0.455 e. The van der Waals surface area contributed by atoms with Crippen molar-refractivity contribution < 1.29 is 4.42 Å². The number of para-hydroxylation sites is 1. The molecule has 0 aliphatic rings. The fraction of sp³-hybridized carbons (Fsp3) is 0. The van der Waals surface area contributed by atoms with E-state index in [2.05, 4.69) is 121 Å². The summed E-state index contributed by atoms with van der Waals surface area (Å²) in [5, 5.41) is 8.88. The van der Waals surface area contributed by atoms with Gasteiger partial charge in [0, 0.05) is 32.8 Å². The standard InChI is InChI=1S/C45H27N3O/c1-2-13-30(14-3-1)43-46-44(34-24-21-28-11-4-5-15-31(28)25-34)48-45(47-43)39-27-33-23-22-32(36-19-10-16-29-12-6-7-17-35(29)36)26-38(33)42-41(39)37-18-8-9-20-40(37)49-42/h1-27H. The normalized spacial score (nSPS) is 11.7. The average Bonchev–Trinajstić information content (AvgIpc) is 3.57. The van der Waals surface area contributed by atoms with Gasteiger partial charge in [-0.15, -0.1) is 0 Å². The van der Waals surface area contributed by atoms with Crippen LogP contribution in [0.4, 0.5) is 0 Å². The summed E-state index contributed by atoms with van der Waals surface area (Å²) in [5.41, 5.74) is 6.77. The summed E-state index contributed by atoms with van der Waals surface area (Å²) in [5.74, 6) is 1.86. The summed E-state index contributed by atoms with van der Waals surface area (Å²) >= 11 is 0. The Morgan fingerprint density at radius 3 is 1.88 bits per heavy atom. The van der Waals surface area contributed by atoms with Gasteiger partial charge in [-0.05, 0) is 62.3 Å². The molecule has 228 valence electrons. The second kappa shape index (κ2) is 11.0. The van der Waals surface area contributed by atoms with E-state index >= 15 is 0 Å². The van der Waals surface area contributed by atoms with E-state index in [0.29, 0.717) is 17.5 Å². The summed E-state index contributed by atoms with van der Waals surface area (Å²) in [7, 11) is 0. The molecule has 0 N–H and O–H groups in total. The zero-order chi connectivity index (χ0) is 32.3. The van der Waals surface area contributed by atoms with Crippen molar-refractivity contribution in [2.45, 2.75) is 0 Å². The van der Waals surface area contributed by atoms with E-state index in [1.807, 2.05) is 42.5 Å². The molecule has 2 aromatic heterocycles. The van der Waals surface area contributed by atoms with E-state index in [4.69, 9.17) is 19.4 Å². The third kappa shape index (κ3) is 4.57. The predicted octanol–water partition coefficient (Wildman–Crippen LogP) is 11.9. The van der Waals surface area contributed by atoms with Crippen molar-refractivity contribution >= 4 is 54.3 Å². The molecular weight excluding hydrogens is 599 g/mol. The monoisotopic (exact) mass is 625 g/mol. The molecule has 0 radical (unpaired) electrons. The summed E-state index contributed by atoms with van der Waals surface area (Å²) in [4.78, 5) is 15.3. The van der Waals surface area contributed by atoms with Crippen molar-refractivity contribution in [1.82, 2.24) is 15.0 Å². The van der Waals surface area contributed by atoms with Gasteiger partial charge < -0.3 is 4.42 Å². The molecule has 2 heterocycles. The van der Waals surface area contributed by atoms with Crippen LogP contribution >= 0.6 is 0 Å². The Morgan fingerprint density at radius 1 is 0.347 bits per heavy atom. The van der Waals surface area contributed by atoms with E-state index in [-0.39, 0.29) is 0 Å². The second-order valence-corrected chi connectivity index (χ2v) is 12.4. The van der Waals surface area contributed by atoms with E-state index < -0.39 is 0 Å². The van der Waals surface area contributed by atoms with E-state index in [1.165, 1.54) is 21.7 Å². The second-order valence-electron chi connectivity index (χ2n) is 12.4. The zero-order valence-corrected chi connectivity index (χ0v) is 26.3. The van der Waals surface area contributed by atoms with Crippen LogP contribution < -0.4 is 0 Å². The van der Waals surface area contributed by atoms with Crippen LogP contribution in [-0.2, 0) is 0 Å². The molecule has 49 heavy (non-hydrogen) atoms. The van der Waals surface area contributed by atoms with E-state index in [0.717, 1.165) is 60.4 Å². The number of hydrogen-bond acceptors (Lipinski definition) is 4. The van der Waals surface area contributed by atoms with Gasteiger partial charge in [-0.3, -0.25) is 0 Å². The maximum Gasteiger partial charge on any atom is 0.164 e. The van der Waals surface area contributed by atoms with Crippen LogP contribution in [0.15, 0.2) is 168 Å². The van der Waals surface area contributed by atoms with Gasteiger partial charge in [0.05, 0.1) is 0 Å². The van der Waals surface area contributed by atoms with Gasteiger partial charge >= 0.3 is 0 Å². The predicted molar refractivity (Wildman–Crippen MR) is 201 cm³/mol. The maximum absolute atomic E-state index is 6.71. The van der Waals surface area contributed by atoms with Crippen molar-refractivity contribution in [3.8, 4) is 45.3 Å². The van der Waals surface area contributed by atoms with Crippen molar-refractivity contribution in [3.63, 3.8) is 0 Å². The van der Waals surface area contributed by atoms with Crippen LogP contribution in [0.5, 0.6) is 0 Å². The molecule has 4 nitrogen and oxygen atoms in total. The molecule has 0 aliphatic carbocycles. The van der Waals surface area contributed by atoms with Crippen LogP contribution in [0.3, 0.4) is 0 Å². The van der Waals surface area contributed by atoms with Crippen molar-refractivity contribution in [3.05, 3.63) is 164 Å². The van der Waals surface area contributed by atoms with Gasteiger partial charge in [0.15, 0.2) is 17.5 Å². The van der Waals surface area contributed by atoms with Gasteiger partial charge in [-0.1, -0.05) is 140 Å². The lowest BCUT2D eigenvalue weighted by Gasteiger charge is -2.12. The quantitative estimate of drug-likeness (QED) is 0.195. The Hall–Kier alpha value is -6.65. The maximum atomic E-state index is 6.71. The molecule has 0 saturated carbocycles. The summed E-state index contributed by atoms with van der Waals surface area (Å²) in [6.45, 7) is 0. The Bertz CT molecular complexity index is 2890. The fourth-order valence-corrected chi connectivity index (χ4v) is 7.10. The average molecular weight is 626 g/mol. The molecule has 0 aliphatic heterocycles. The first-order valence-corrected chi connectivity index (χ1v) is 16.4. The van der Waals surface area contributed by atoms with Crippen LogP contribution in [0.2, 0.25) is 0 Å². The number of rotatable bonds is 4. The molecule has 10 rings (SSSR count). The lowest BCUT2D eigenvalue weighted by atomic mass is 9.94. The highest BCUT2D eigenvalue weighted by molar-refractivity contribution is 6.21. The minimum absolute atomic E-state index is 0.605. The zero-order valence-electron chi connectivity index (χ0n) is 26.3. The molecule has 0 saturated heterocycles. The molecule has 0 amide bonds. The van der Waals surface area contributed by atoms with Gasteiger partial charge in [0.25, 0.3) is 0 Å². The Balaban J connectivity index is 1.25. The van der Waals surface area contributed by atoms with Crippen molar-refractivity contribution in [2.75, 3.05) is 0 Å². The Morgan fingerprint density at radius 2 is 1.00 bits per heavy atom. The number of nitrogens with zero attached hydrogens (tertiary/aromatic N) is 3. The highest BCUT2D eigenvalue weighted by Crippen LogP contribution is 2.42. The lowest BCUT2D eigenvalue weighted by molar-refractivity contribution is 0.672. The fourth-order valence-electron chi connectivity index (χ4n) is 7.10. The Kier molecular flexibility index (Phi) is 6.15. The van der Waals surface area contributed by atoms with Crippen LogP contribution in [-0.4, -0.2) is 15.0 Å². The number of furan rings is 1. The molecular formula is C45H27N3O. The molecule has 0 unspecified atom stereocenters. The van der Waals surface area contributed by atoms with Gasteiger partial charge in [0.1, 0.15) is 11.2 Å². The van der Waals surface area contributed by atoms with E-state index in [1.54, 1.807) is 0 Å². The smallest absolute Gasteiger partial charge is 0.164 e. The van der Waals surface area contributed by atoms with Crippen LogP contribution in [0.25, 0.3) is 99.5 Å². The molecule has 8 aromatic carbocycles. The van der Waals surface area contributed by atoms with Crippen LogP contribution in [0, 0.1) is 0 Å². The minimum atomic E-state index is 0.605. The summed E-state index contributed by atoms with van der Waals surface area (Å²) < 4.78 is 6.71. The Labute approximate surface area is 282 Å². The number of fused-ring (bicyclic) bond motifs is 7. The first-order valence-electron chi connectivity index (χ1n) is 16.4. The lowest BCUT2D eigenvalue weighted by Crippen LogP contribution is -2.00. The van der Waals surface area contributed by atoms with Crippen molar-refractivity contribution in [2.24, 2.45) is 0 Å². The largest absolute Gasteiger partial charge is 0.455 e. The number of aromatic nitrogens is 3. The molecule has 0 bridgehead atoms. The third-order valence-electron chi connectivity index (χ3n) is 9.48. The molecule has 0 spiro atoms. The molecule has 0 fully saturated rings. The summed E-state index contributed by atoms with van der Waals surface area (Å²) in [6, 6.07) is 56.9. The number of benzene rings is 8. The third-order valence-corrected chi connectivity index (χ3v) is 9.48. The highest BCUT2D eigenvalue weighted by atomic mass is 16.3. The van der Waals surface area contributed by atoms with Gasteiger partial charge in [-0.25, -0.2) is 15.0 Å². The van der Waals surface area contributed by atoms with Crippen molar-refractivity contribution in [1.29, 1.82) is 0 Å².